The van der Waals surface area contributed by atoms with Gasteiger partial charge in [-0.05, 0) is 42.5 Å². The molecule has 0 saturated carbocycles. The van der Waals surface area contributed by atoms with Crippen molar-refractivity contribution < 1.29 is 24.2 Å². The lowest BCUT2D eigenvalue weighted by Crippen LogP contribution is -2.29. The number of anilines is 1. The number of nitrogens with zero attached hydrogens (tertiary/aromatic N) is 3. The molecule has 10 nitrogen and oxygen atoms in total. The number of imide groups is 1. The molecule has 0 saturated heterocycles. The third-order valence-corrected chi connectivity index (χ3v) is 4.46. The lowest BCUT2D eigenvalue weighted by atomic mass is 10.1. The fourth-order valence-electron chi connectivity index (χ4n) is 3.01. The number of nitro groups is 2. The van der Waals surface area contributed by atoms with Crippen molar-refractivity contribution in [2.45, 2.75) is 0 Å². The number of ether oxygens (including phenoxy) is 1. The molecule has 30 heavy (non-hydrogen) atoms. The predicted molar refractivity (Wildman–Crippen MR) is 104 cm³/mol. The van der Waals surface area contributed by atoms with Gasteiger partial charge >= 0.3 is 0 Å². The molecule has 0 N–H and O–H groups in total. The van der Waals surface area contributed by atoms with E-state index in [-0.39, 0.29) is 33.9 Å². The highest BCUT2D eigenvalue weighted by atomic mass is 16.6. The second-order valence-corrected chi connectivity index (χ2v) is 6.28. The molecule has 148 valence electrons. The van der Waals surface area contributed by atoms with E-state index >= 15 is 0 Å². The number of benzene rings is 3. The van der Waals surface area contributed by atoms with Crippen molar-refractivity contribution in [3.05, 3.63) is 98.1 Å². The van der Waals surface area contributed by atoms with Gasteiger partial charge < -0.3 is 4.74 Å². The molecule has 4 rings (SSSR count). The van der Waals surface area contributed by atoms with Crippen LogP contribution in [0.3, 0.4) is 0 Å². The van der Waals surface area contributed by atoms with Gasteiger partial charge in [0.1, 0.15) is 11.5 Å². The molecular weight excluding hydrogens is 394 g/mol. The molecule has 3 aromatic rings. The van der Waals surface area contributed by atoms with Crippen LogP contribution in [0.5, 0.6) is 11.5 Å². The minimum Gasteiger partial charge on any atom is -0.457 e. The van der Waals surface area contributed by atoms with Gasteiger partial charge in [0.25, 0.3) is 23.2 Å². The standard InChI is InChI=1S/C20H11N3O7/c24-19-17-10-9-16(30-15-7-5-14(6-8-15)23(28)29)11-18(17)20(25)21(19)12-1-3-13(4-2-12)22(26)27/h1-11H. The van der Waals surface area contributed by atoms with Gasteiger partial charge in [0.15, 0.2) is 0 Å². The van der Waals surface area contributed by atoms with Gasteiger partial charge in [-0.1, -0.05) is 0 Å². The summed E-state index contributed by atoms with van der Waals surface area (Å²) in [5.41, 5.74) is 0.266. The molecule has 0 atom stereocenters. The second-order valence-electron chi connectivity index (χ2n) is 6.28. The Morgan fingerprint density at radius 3 is 1.73 bits per heavy atom. The summed E-state index contributed by atoms with van der Waals surface area (Å²) in [6.07, 6.45) is 0. The lowest BCUT2D eigenvalue weighted by Gasteiger charge is -2.13. The van der Waals surface area contributed by atoms with E-state index in [9.17, 15) is 29.8 Å². The minimum atomic E-state index is -0.585. The van der Waals surface area contributed by atoms with Crippen LogP contribution < -0.4 is 9.64 Å². The van der Waals surface area contributed by atoms with E-state index in [1.54, 1.807) is 0 Å². The van der Waals surface area contributed by atoms with E-state index in [1.807, 2.05) is 0 Å². The number of amides is 2. The summed E-state index contributed by atoms with van der Waals surface area (Å²) in [4.78, 5) is 46.8. The number of carbonyl (C=O) groups is 2. The first-order valence-corrected chi connectivity index (χ1v) is 8.55. The van der Waals surface area contributed by atoms with Gasteiger partial charge in [-0.3, -0.25) is 29.8 Å². The number of nitro benzene ring substituents is 2. The van der Waals surface area contributed by atoms with Crippen LogP contribution in [0.2, 0.25) is 0 Å². The molecule has 10 heteroatoms. The fourth-order valence-corrected chi connectivity index (χ4v) is 3.01. The van der Waals surface area contributed by atoms with Crippen LogP contribution >= 0.6 is 0 Å². The Hall–Kier alpha value is -4.60. The largest absolute Gasteiger partial charge is 0.457 e. The van der Waals surface area contributed by atoms with E-state index in [0.29, 0.717) is 5.75 Å². The molecule has 0 fully saturated rings. The van der Waals surface area contributed by atoms with Crippen LogP contribution in [-0.2, 0) is 0 Å². The Labute approximate surface area is 168 Å². The molecule has 3 aromatic carbocycles. The summed E-state index contributed by atoms with van der Waals surface area (Å²) in [6.45, 7) is 0. The number of fused-ring (bicyclic) bond motifs is 1. The Morgan fingerprint density at radius 1 is 0.667 bits per heavy atom. The van der Waals surface area contributed by atoms with Gasteiger partial charge in [-0.25, -0.2) is 4.90 Å². The number of rotatable bonds is 5. The highest BCUT2D eigenvalue weighted by Crippen LogP contribution is 2.33. The fraction of sp³-hybridized carbons (Fsp3) is 0. The van der Waals surface area contributed by atoms with Crippen molar-refractivity contribution in [1.82, 2.24) is 0 Å². The van der Waals surface area contributed by atoms with Gasteiger partial charge in [-0.15, -0.1) is 0 Å². The first-order chi connectivity index (χ1) is 14.3. The molecule has 0 radical (unpaired) electrons. The third kappa shape index (κ3) is 3.22. The zero-order valence-corrected chi connectivity index (χ0v) is 15.1. The van der Waals surface area contributed by atoms with Crippen molar-refractivity contribution in [3.63, 3.8) is 0 Å². The number of carbonyl (C=O) groups excluding carboxylic acids is 2. The number of hydrogen-bond donors (Lipinski definition) is 0. The minimum absolute atomic E-state index is 0.0872. The van der Waals surface area contributed by atoms with Crippen LogP contribution in [0.4, 0.5) is 17.1 Å². The van der Waals surface area contributed by atoms with Gasteiger partial charge in [0.05, 0.1) is 26.7 Å². The van der Waals surface area contributed by atoms with Crippen molar-refractivity contribution in [1.29, 1.82) is 0 Å². The highest BCUT2D eigenvalue weighted by molar-refractivity contribution is 6.34. The van der Waals surface area contributed by atoms with Crippen LogP contribution in [-0.4, -0.2) is 21.7 Å². The zero-order valence-electron chi connectivity index (χ0n) is 15.1. The normalized spacial score (nSPS) is 12.6. The Bertz CT molecular complexity index is 1200. The van der Waals surface area contributed by atoms with Gasteiger partial charge in [0.2, 0.25) is 0 Å². The molecule has 1 heterocycles. The molecular formula is C20H11N3O7. The van der Waals surface area contributed by atoms with E-state index in [1.165, 1.54) is 66.7 Å². The lowest BCUT2D eigenvalue weighted by molar-refractivity contribution is -0.385. The van der Waals surface area contributed by atoms with E-state index in [4.69, 9.17) is 4.74 Å². The monoisotopic (exact) mass is 405 g/mol. The average Bonchev–Trinajstić information content (AvgIpc) is 2.98. The van der Waals surface area contributed by atoms with Crippen molar-refractivity contribution >= 4 is 28.9 Å². The van der Waals surface area contributed by atoms with E-state index in [2.05, 4.69) is 0 Å². The second kappa shape index (κ2) is 7.09. The molecule has 0 unspecified atom stereocenters. The molecule has 1 aliphatic rings. The van der Waals surface area contributed by atoms with Crippen LogP contribution in [0.25, 0.3) is 0 Å². The SMILES string of the molecule is O=C1c2ccc(Oc3ccc([N+](=O)[O-])cc3)cc2C(=O)N1c1ccc([N+](=O)[O-])cc1. The van der Waals surface area contributed by atoms with Crippen molar-refractivity contribution in [3.8, 4) is 11.5 Å². The van der Waals surface area contributed by atoms with Crippen LogP contribution in [0.15, 0.2) is 66.7 Å². The van der Waals surface area contributed by atoms with E-state index < -0.39 is 21.7 Å². The van der Waals surface area contributed by atoms with E-state index in [0.717, 1.165) is 4.90 Å². The summed E-state index contributed by atoms with van der Waals surface area (Å²) in [5, 5.41) is 21.5. The molecule has 0 aliphatic carbocycles. The number of hydrogen-bond acceptors (Lipinski definition) is 7. The average molecular weight is 405 g/mol. The molecule has 0 bridgehead atoms. The predicted octanol–water partition coefficient (Wildman–Crippen LogP) is 4.10. The molecule has 0 spiro atoms. The smallest absolute Gasteiger partial charge is 0.269 e. The topological polar surface area (TPSA) is 133 Å². The van der Waals surface area contributed by atoms with Gasteiger partial charge in [0, 0.05) is 24.3 Å². The van der Waals surface area contributed by atoms with Gasteiger partial charge in [-0.2, -0.15) is 0 Å². The van der Waals surface area contributed by atoms with Crippen molar-refractivity contribution in [2.75, 3.05) is 4.90 Å². The maximum atomic E-state index is 12.8. The number of non-ortho nitro benzene ring substituents is 2. The Kier molecular flexibility index (Phi) is 4.43. The zero-order chi connectivity index (χ0) is 21.4. The summed E-state index contributed by atoms with van der Waals surface area (Å²) in [6, 6.07) is 14.8. The maximum Gasteiger partial charge on any atom is 0.269 e. The quantitative estimate of drug-likeness (QED) is 0.354. The van der Waals surface area contributed by atoms with Crippen LogP contribution in [0.1, 0.15) is 20.7 Å². The molecule has 1 aliphatic heterocycles. The summed E-state index contributed by atoms with van der Waals surface area (Å²) < 4.78 is 5.63. The van der Waals surface area contributed by atoms with Crippen LogP contribution in [0, 0.1) is 20.2 Å². The molecule has 2 amide bonds. The third-order valence-electron chi connectivity index (χ3n) is 4.46. The first-order valence-electron chi connectivity index (χ1n) is 8.55. The summed E-state index contributed by atoms with van der Waals surface area (Å²) in [7, 11) is 0. The Morgan fingerprint density at radius 2 is 1.17 bits per heavy atom. The van der Waals surface area contributed by atoms with Crippen molar-refractivity contribution in [2.24, 2.45) is 0 Å². The Balaban J connectivity index is 1.60. The maximum absolute atomic E-state index is 12.8. The highest BCUT2D eigenvalue weighted by Gasteiger charge is 2.37. The first kappa shape index (κ1) is 18.7. The summed E-state index contributed by atoms with van der Waals surface area (Å²) in [5.74, 6) is -0.539. The summed E-state index contributed by atoms with van der Waals surface area (Å²) >= 11 is 0. The molecule has 0 aromatic heterocycles.